The maximum absolute atomic E-state index is 6.08. The van der Waals surface area contributed by atoms with Crippen LogP contribution < -0.4 is 0 Å². The molecule has 0 bridgehead atoms. The zero-order valence-corrected chi connectivity index (χ0v) is 14.5. The fourth-order valence-electron chi connectivity index (χ4n) is 3.70. The predicted octanol–water partition coefficient (Wildman–Crippen LogP) is 3.97. The second kappa shape index (κ2) is 6.80. The molecule has 0 N–H and O–H groups in total. The molecule has 2 fully saturated rings. The molecule has 0 amide bonds. The van der Waals surface area contributed by atoms with Crippen molar-refractivity contribution < 1.29 is 14.2 Å². The van der Waals surface area contributed by atoms with Crippen molar-refractivity contribution in [3.8, 4) is 0 Å². The first-order valence-electron chi connectivity index (χ1n) is 8.38. The molecule has 1 aliphatic heterocycles. The van der Waals surface area contributed by atoms with Crippen molar-refractivity contribution in [3.05, 3.63) is 11.6 Å². The van der Waals surface area contributed by atoms with Gasteiger partial charge in [0.15, 0.2) is 0 Å². The van der Waals surface area contributed by atoms with Crippen LogP contribution in [0.1, 0.15) is 53.9 Å². The van der Waals surface area contributed by atoms with Gasteiger partial charge in [0, 0.05) is 19.4 Å². The Morgan fingerprint density at radius 1 is 1.33 bits per heavy atom. The van der Waals surface area contributed by atoms with E-state index in [2.05, 4.69) is 40.7 Å². The summed E-state index contributed by atoms with van der Waals surface area (Å²) in [5.41, 5.74) is 1.40. The Kier molecular flexibility index (Phi) is 5.50. The van der Waals surface area contributed by atoms with Crippen molar-refractivity contribution in [2.24, 2.45) is 11.8 Å². The maximum atomic E-state index is 6.08. The lowest BCUT2D eigenvalue weighted by molar-refractivity contribution is -0.0717. The second-order valence-electron chi connectivity index (χ2n) is 7.38. The first-order chi connectivity index (χ1) is 9.89. The lowest BCUT2D eigenvalue weighted by Gasteiger charge is -2.26. The smallest absolute Gasteiger partial charge is 0.103 e. The van der Waals surface area contributed by atoms with Crippen LogP contribution in [0.3, 0.4) is 0 Å². The molecule has 3 nitrogen and oxygen atoms in total. The number of rotatable bonds is 7. The van der Waals surface area contributed by atoms with Crippen LogP contribution in [0.2, 0.25) is 0 Å². The minimum absolute atomic E-state index is 0.0152. The first kappa shape index (κ1) is 17.0. The van der Waals surface area contributed by atoms with Gasteiger partial charge in [0.2, 0.25) is 0 Å². The summed E-state index contributed by atoms with van der Waals surface area (Å²) in [5, 5.41) is 0. The highest BCUT2D eigenvalue weighted by atomic mass is 16.6. The molecule has 0 aromatic rings. The highest BCUT2D eigenvalue weighted by molar-refractivity contribution is 5.23. The Balaban J connectivity index is 2.08. The SMILES string of the molecule is CO[C@H]1C(/C(C)=C/CCC(C)C)[C@@]2(CO2)C[C@H]1OC(C)C. The predicted molar refractivity (Wildman–Crippen MR) is 85.4 cm³/mol. The quantitative estimate of drug-likeness (QED) is 0.526. The summed E-state index contributed by atoms with van der Waals surface area (Å²) in [6, 6.07) is 0. The van der Waals surface area contributed by atoms with Gasteiger partial charge in [-0.3, -0.25) is 0 Å². The molecule has 4 atom stereocenters. The Labute approximate surface area is 130 Å². The lowest BCUT2D eigenvalue weighted by atomic mass is 9.87. The van der Waals surface area contributed by atoms with Crippen LogP contribution in [0, 0.1) is 11.8 Å². The molecule has 1 spiro atoms. The van der Waals surface area contributed by atoms with Crippen LogP contribution >= 0.6 is 0 Å². The molecule has 1 saturated carbocycles. The zero-order chi connectivity index (χ0) is 15.6. The molecular formula is C18H32O3. The molecule has 122 valence electrons. The Bertz CT molecular complexity index is 369. The van der Waals surface area contributed by atoms with Gasteiger partial charge in [-0.25, -0.2) is 0 Å². The van der Waals surface area contributed by atoms with Crippen LogP contribution in [0.4, 0.5) is 0 Å². The number of epoxide rings is 1. The summed E-state index contributed by atoms with van der Waals surface area (Å²) in [6.07, 6.45) is 6.22. The zero-order valence-electron chi connectivity index (χ0n) is 14.5. The molecule has 1 saturated heterocycles. The van der Waals surface area contributed by atoms with Crippen molar-refractivity contribution in [1.29, 1.82) is 0 Å². The molecule has 1 unspecified atom stereocenters. The summed E-state index contributed by atoms with van der Waals surface area (Å²) in [7, 11) is 1.80. The van der Waals surface area contributed by atoms with E-state index in [-0.39, 0.29) is 23.9 Å². The van der Waals surface area contributed by atoms with Crippen molar-refractivity contribution in [1.82, 2.24) is 0 Å². The van der Waals surface area contributed by atoms with Crippen LogP contribution in [0.5, 0.6) is 0 Å². The fourth-order valence-corrected chi connectivity index (χ4v) is 3.70. The lowest BCUT2D eigenvalue weighted by Crippen LogP contribution is -2.34. The van der Waals surface area contributed by atoms with E-state index in [1.54, 1.807) is 7.11 Å². The number of methoxy groups -OCH3 is 1. The third kappa shape index (κ3) is 3.88. The van der Waals surface area contributed by atoms with E-state index in [1.807, 2.05) is 0 Å². The molecule has 21 heavy (non-hydrogen) atoms. The first-order valence-corrected chi connectivity index (χ1v) is 8.38. The van der Waals surface area contributed by atoms with Crippen LogP contribution in [-0.4, -0.2) is 37.6 Å². The van der Waals surface area contributed by atoms with Crippen molar-refractivity contribution in [2.45, 2.75) is 77.8 Å². The molecular weight excluding hydrogens is 264 g/mol. The second-order valence-corrected chi connectivity index (χ2v) is 7.38. The number of ether oxygens (including phenoxy) is 3. The van der Waals surface area contributed by atoms with E-state index < -0.39 is 0 Å². The number of hydrogen-bond acceptors (Lipinski definition) is 3. The van der Waals surface area contributed by atoms with E-state index in [0.29, 0.717) is 5.92 Å². The topological polar surface area (TPSA) is 31.0 Å². The normalized spacial score (nSPS) is 36.2. The van der Waals surface area contributed by atoms with Gasteiger partial charge in [0.1, 0.15) is 5.60 Å². The highest BCUT2D eigenvalue weighted by Gasteiger charge is 2.63. The van der Waals surface area contributed by atoms with Gasteiger partial charge in [0.05, 0.1) is 24.9 Å². The van der Waals surface area contributed by atoms with E-state index in [1.165, 1.54) is 12.0 Å². The molecule has 1 aliphatic carbocycles. The third-order valence-corrected chi connectivity index (χ3v) is 4.74. The Hall–Kier alpha value is -0.380. The number of allylic oxidation sites excluding steroid dienone is 1. The van der Waals surface area contributed by atoms with Gasteiger partial charge in [-0.05, 0) is 39.5 Å². The number of hydrogen-bond donors (Lipinski definition) is 0. The molecule has 3 heteroatoms. The van der Waals surface area contributed by atoms with Crippen molar-refractivity contribution >= 4 is 0 Å². The van der Waals surface area contributed by atoms with Gasteiger partial charge < -0.3 is 14.2 Å². The van der Waals surface area contributed by atoms with Crippen LogP contribution in [0.15, 0.2) is 11.6 Å². The van der Waals surface area contributed by atoms with Crippen LogP contribution in [0.25, 0.3) is 0 Å². The Morgan fingerprint density at radius 2 is 2.00 bits per heavy atom. The minimum Gasteiger partial charge on any atom is -0.378 e. The molecule has 2 rings (SSSR count). The summed E-state index contributed by atoms with van der Waals surface area (Å²) in [6.45, 7) is 11.8. The molecule has 0 aromatic heterocycles. The monoisotopic (exact) mass is 296 g/mol. The molecule has 0 radical (unpaired) electrons. The van der Waals surface area contributed by atoms with Gasteiger partial charge in [-0.2, -0.15) is 0 Å². The summed E-state index contributed by atoms with van der Waals surface area (Å²) in [5.74, 6) is 1.09. The van der Waals surface area contributed by atoms with E-state index >= 15 is 0 Å². The van der Waals surface area contributed by atoms with Crippen LogP contribution in [-0.2, 0) is 14.2 Å². The van der Waals surface area contributed by atoms with Gasteiger partial charge in [-0.15, -0.1) is 0 Å². The van der Waals surface area contributed by atoms with E-state index in [4.69, 9.17) is 14.2 Å². The summed E-state index contributed by atoms with van der Waals surface area (Å²) in [4.78, 5) is 0. The van der Waals surface area contributed by atoms with Crippen molar-refractivity contribution in [3.63, 3.8) is 0 Å². The maximum Gasteiger partial charge on any atom is 0.103 e. The average Bonchev–Trinajstić information content (AvgIpc) is 3.06. The average molecular weight is 296 g/mol. The van der Waals surface area contributed by atoms with Gasteiger partial charge in [0.25, 0.3) is 0 Å². The fraction of sp³-hybridized carbons (Fsp3) is 0.889. The van der Waals surface area contributed by atoms with Gasteiger partial charge >= 0.3 is 0 Å². The van der Waals surface area contributed by atoms with E-state index in [9.17, 15) is 0 Å². The van der Waals surface area contributed by atoms with Gasteiger partial charge in [-0.1, -0.05) is 25.5 Å². The molecule has 0 aromatic carbocycles. The highest BCUT2D eigenvalue weighted by Crippen LogP contribution is 2.53. The summed E-state index contributed by atoms with van der Waals surface area (Å²) >= 11 is 0. The molecule has 1 heterocycles. The minimum atomic E-state index is -0.0152. The molecule has 2 aliphatic rings. The largest absolute Gasteiger partial charge is 0.378 e. The Morgan fingerprint density at radius 3 is 2.48 bits per heavy atom. The summed E-state index contributed by atoms with van der Waals surface area (Å²) < 4.78 is 17.8. The standard InChI is InChI=1S/C18H32O3/c1-12(2)8-7-9-14(5)16-17(19-6)15(21-13(3)4)10-18(16)11-20-18/h9,12-13,15-17H,7-8,10-11H2,1-6H3/b14-9+/t15-,16?,17-,18+/m1/s1. The van der Waals surface area contributed by atoms with Crippen molar-refractivity contribution in [2.75, 3.05) is 13.7 Å². The van der Waals surface area contributed by atoms with E-state index in [0.717, 1.165) is 25.4 Å². The third-order valence-electron chi connectivity index (χ3n) is 4.74.